The molecule has 2 aliphatic carbocycles. The molecule has 45 heavy (non-hydrogen) atoms. The number of aromatic amines is 1. The third-order valence-electron chi connectivity index (χ3n) is 9.64. The predicted octanol–water partition coefficient (Wildman–Crippen LogP) is 4.69. The van der Waals surface area contributed by atoms with Crippen molar-refractivity contribution in [2.75, 3.05) is 11.9 Å². The highest BCUT2D eigenvalue weighted by atomic mass is 35.5. The molecule has 13 heteroatoms. The molecule has 4 aliphatic rings. The van der Waals surface area contributed by atoms with E-state index in [0.717, 1.165) is 31.7 Å². The maximum Gasteiger partial charge on any atom is 0.327 e. The van der Waals surface area contributed by atoms with Crippen molar-refractivity contribution < 1.29 is 29.0 Å². The summed E-state index contributed by atoms with van der Waals surface area (Å²) >= 11 is 8.64. The average Bonchev–Trinajstić information content (AvgIpc) is 3.73. The molecule has 7 rings (SSSR count). The second-order valence-electron chi connectivity index (χ2n) is 12.5. The summed E-state index contributed by atoms with van der Waals surface area (Å²) in [6.07, 6.45) is 0.694. The van der Waals surface area contributed by atoms with Crippen LogP contribution in [0.3, 0.4) is 0 Å². The van der Waals surface area contributed by atoms with Crippen LogP contribution in [0.25, 0.3) is 0 Å². The number of thiazole rings is 1. The number of carbonyl (C=O) groups is 4. The van der Waals surface area contributed by atoms with E-state index in [1.165, 1.54) is 0 Å². The first kappa shape index (κ1) is 30.1. The molecule has 1 aromatic heterocycles. The lowest BCUT2D eigenvalue weighted by molar-refractivity contribution is -0.157. The van der Waals surface area contributed by atoms with Gasteiger partial charge in [-0.25, -0.2) is 4.79 Å². The molecule has 3 aromatic rings. The van der Waals surface area contributed by atoms with E-state index in [0.29, 0.717) is 22.9 Å². The highest BCUT2D eigenvalue weighted by molar-refractivity contribution is 8.00. The maximum atomic E-state index is 13.9. The molecule has 2 bridgehead atoms. The predicted molar refractivity (Wildman–Crippen MR) is 169 cm³/mol. The number of carboxylic acid groups (broad SMARTS) is 1. The first-order valence-electron chi connectivity index (χ1n) is 14.8. The molecule has 2 aliphatic heterocycles. The number of fused-ring (bicyclic) bond motifs is 9. The molecule has 0 radical (unpaired) electrons. The zero-order chi connectivity index (χ0) is 31.7. The normalized spacial score (nSPS) is 28.5. The second-order valence-corrected chi connectivity index (χ2v) is 15.1. The van der Waals surface area contributed by atoms with E-state index < -0.39 is 35.7 Å². The zero-order valence-electron chi connectivity index (χ0n) is 24.3. The molecule has 1 saturated heterocycles. The number of imide groups is 1. The largest absolute Gasteiger partial charge is 0.484 e. The van der Waals surface area contributed by atoms with Crippen molar-refractivity contribution in [3.05, 3.63) is 73.7 Å². The number of anilines is 1. The number of amides is 3. The summed E-state index contributed by atoms with van der Waals surface area (Å²) in [5.74, 6) is -3.93. The van der Waals surface area contributed by atoms with Crippen molar-refractivity contribution >= 4 is 64.1 Å². The Morgan fingerprint density at radius 2 is 1.80 bits per heavy atom. The summed E-state index contributed by atoms with van der Waals surface area (Å²) in [5.41, 5.74) is 1.49. The van der Waals surface area contributed by atoms with Crippen LogP contribution in [0.1, 0.15) is 36.6 Å². The fraction of sp³-hybridized carbons (Fsp3) is 0.406. The second kappa shape index (κ2) is 11.3. The third kappa shape index (κ3) is 4.97. The lowest BCUT2D eigenvalue weighted by Gasteiger charge is -2.43. The third-order valence-corrected chi connectivity index (χ3v) is 12.5. The molecule has 3 N–H and O–H groups in total. The highest BCUT2D eigenvalue weighted by Crippen LogP contribution is 2.68. The Morgan fingerprint density at radius 1 is 1.09 bits per heavy atom. The van der Waals surface area contributed by atoms with Crippen LogP contribution in [-0.2, 0) is 19.2 Å². The number of nitrogens with zero attached hydrogens (tertiary/aromatic N) is 1. The smallest absolute Gasteiger partial charge is 0.327 e. The number of benzene rings is 2. The van der Waals surface area contributed by atoms with Gasteiger partial charge in [0.1, 0.15) is 11.8 Å². The van der Waals surface area contributed by atoms with E-state index in [1.54, 1.807) is 55.9 Å². The molecular weight excluding hydrogens is 638 g/mol. The number of hydrogen-bond acceptors (Lipinski definition) is 8. The van der Waals surface area contributed by atoms with E-state index in [1.807, 2.05) is 18.2 Å². The molecule has 3 heterocycles. The maximum absolute atomic E-state index is 13.9. The standard InChI is InChI=1S/C32H30ClN3O7S2/c1-13(2)25(31(40)41)36-29(38)23-18-11-19(24(23)30(36)39)26-22(18)21(27-28(44-26)35-32(42)45-27)14-4-3-5-17(10-14)43-12-20(37)34-16-8-6-15(33)7-9-16/h3-10,13,18-19,21-26H,11-12H2,1-2H3,(H,34,37)(H,35,42)(H,40,41)/t18?,19?,21-,22?,23?,24?,25?,26?/m1/s1. The van der Waals surface area contributed by atoms with Gasteiger partial charge in [-0.1, -0.05) is 48.9 Å². The average molecular weight is 668 g/mol. The topological polar surface area (TPSA) is 146 Å². The lowest BCUT2D eigenvalue weighted by atomic mass is 9.68. The van der Waals surface area contributed by atoms with Crippen molar-refractivity contribution in [1.82, 2.24) is 9.88 Å². The Kier molecular flexibility index (Phi) is 7.57. The van der Waals surface area contributed by atoms with Gasteiger partial charge in [-0.2, -0.15) is 0 Å². The van der Waals surface area contributed by atoms with Gasteiger partial charge in [-0.05, 0) is 72.1 Å². The summed E-state index contributed by atoms with van der Waals surface area (Å²) in [4.78, 5) is 69.7. The van der Waals surface area contributed by atoms with Crippen LogP contribution in [0.2, 0.25) is 5.02 Å². The number of hydrogen-bond donors (Lipinski definition) is 3. The number of carboxylic acids is 1. The molecule has 2 aromatic carbocycles. The molecule has 3 fully saturated rings. The minimum Gasteiger partial charge on any atom is -0.484 e. The summed E-state index contributed by atoms with van der Waals surface area (Å²) in [6, 6.07) is 13.0. The van der Waals surface area contributed by atoms with Gasteiger partial charge in [0.05, 0.1) is 16.9 Å². The van der Waals surface area contributed by atoms with Crippen LogP contribution in [0.5, 0.6) is 5.75 Å². The molecule has 234 valence electrons. The van der Waals surface area contributed by atoms with Crippen LogP contribution in [0, 0.1) is 35.5 Å². The summed E-state index contributed by atoms with van der Waals surface area (Å²) in [7, 11) is 0. The van der Waals surface area contributed by atoms with Crippen LogP contribution in [0.15, 0.2) is 58.4 Å². The molecule has 0 spiro atoms. The van der Waals surface area contributed by atoms with Gasteiger partial charge < -0.3 is 20.1 Å². The van der Waals surface area contributed by atoms with Gasteiger partial charge in [0.2, 0.25) is 11.8 Å². The van der Waals surface area contributed by atoms with Crippen LogP contribution < -0.4 is 14.9 Å². The van der Waals surface area contributed by atoms with Crippen molar-refractivity contribution in [1.29, 1.82) is 0 Å². The SMILES string of the molecule is CC(C)C(C(=O)O)N1C(=O)C2C3CC(C2C1=O)C1C3Sc2[nH]c(=O)sc2[C@@H]1c1cccc(OCC(=O)Nc2ccc(Cl)cc2)c1. The Labute approximate surface area is 271 Å². The number of aliphatic carboxylic acids is 1. The molecule has 2 saturated carbocycles. The Balaban J connectivity index is 1.18. The fourth-order valence-corrected chi connectivity index (χ4v) is 11.1. The molecule has 10 nitrogen and oxygen atoms in total. The number of H-pyrrole nitrogens is 1. The minimum absolute atomic E-state index is 0.0345. The Hall–Kier alpha value is -3.61. The number of nitrogens with one attached hydrogen (secondary N) is 2. The minimum atomic E-state index is -1.20. The van der Waals surface area contributed by atoms with E-state index in [4.69, 9.17) is 16.3 Å². The van der Waals surface area contributed by atoms with Crippen LogP contribution in [-0.4, -0.2) is 56.6 Å². The van der Waals surface area contributed by atoms with E-state index >= 15 is 0 Å². The van der Waals surface area contributed by atoms with Gasteiger partial charge in [0.15, 0.2) is 6.61 Å². The van der Waals surface area contributed by atoms with Gasteiger partial charge >= 0.3 is 10.8 Å². The Bertz CT molecular complexity index is 1770. The number of halogens is 1. The number of thioether (sulfide) groups is 1. The van der Waals surface area contributed by atoms with Crippen molar-refractivity contribution in [2.45, 2.75) is 42.5 Å². The first-order chi connectivity index (χ1) is 21.5. The zero-order valence-corrected chi connectivity index (χ0v) is 26.7. The van der Waals surface area contributed by atoms with Gasteiger partial charge in [-0.3, -0.25) is 24.1 Å². The number of ether oxygens (including phenoxy) is 1. The van der Waals surface area contributed by atoms with Crippen LogP contribution >= 0.6 is 34.7 Å². The molecule has 7 unspecified atom stereocenters. The first-order valence-corrected chi connectivity index (χ1v) is 16.9. The summed E-state index contributed by atoms with van der Waals surface area (Å²) in [6.45, 7) is 3.19. The summed E-state index contributed by atoms with van der Waals surface area (Å²) in [5, 5.41) is 14.0. The van der Waals surface area contributed by atoms with E-state index in [2.05, 4.69) is 10.3 Å². The van der Waals surface area contributed by atoms with E-state index in [9.17, 15) is 29.1 Å². The number of aromatic nitrogens is 1. The van der Waals surface area contributed by atoms with Crippen molar-refractivity contribution in [3.8, 4) is 5.75 Å². The molecule has 8 atom stereocenters. The van der Waals surface area contributed by atoms with Crippen LogP contribution in [0.4, 0.5) is 5.69 Å². The molecular formula is C32H30ClN3O7S2. The fourth-order valence-electron chi connectivity index (χ4n) is 8.06. The molecule has 3 amide bonds. The number of likely N-dealkylation sites (tertiary alicyclic amines) is 1. The Morgan fingerprint density at radius 3 is 2.49 bits per heavy atom. The number of rotatable bonds is 8. The van der Waals surface area contributed by atoms with Gasteiger partial charge in [0, 0.05) is 26.8 Å². The quantitative estimate of drug-likeness (QED) is 0.294. The lowest BCUT2D eigenvalue weighted by Crippen LogP contribution is -2.49. The summed E-state index contributed by atoms with van der Waals surface area (Å²) < 4.78 is 5.88. The van der Waals surface area contributed by atoms with Gasteiger partial charge in [0.25, 0.3) is 5.91 Å². The monoisotopic (exact) mass is 667 g/mol. The van der Waals surface area contributed by atoms with Crippen molar-refractivity contribution in [2.24, 2.45) is 35.5 Å². The van der Waals surface area contributed by atoms with Gasteiger partial charge in [-0.15, -0.1) is 11.8 Å². The highest BCUT2D eigenvalue weighted by Gasteiger charge is 2.70. The number of carbonyl (C=O) groups excluding carboxylic acids is 3. The van der Waals surface area contributed by atoms with Crippen molar-refractivity contribution in [3.63, 3.8) is 0 Å². The van der Waals surface area contributed by atoms with E-state index in [-0.39, 0.29) is 52.2 Å².